The van der Waals surface area contributed by atoms with Crippen molar-refractivity contribution in [3.05, 3.63) is 18.2 Å². The molecule has 0 fully saturated rings. The maximum absolute atomic E-state index is 11.5. The fraction of sp³-hybridized carbons (Fsp3) is 0.417. The number of carbonyl (C=O) groups is 1. The van der Waals surface area contributed by atoms with Crippen LogP contribution in [0.1, 0.15) is 26.2 Å². The number of nitrogen functional groups attached to an aromatic ring is 1. The molecule has 3 N–H and O–H groups in total. The molecular weight excluding hydrogens is 240 g/mol. The number of halogens is 1. The summed E-state index contributed by atoms with van der Waals surface area (Å²) in [6.45, 7) is 2.05. The van der Waals surface area contributed by atoms with Crippen LogP contribution in [0.25, 0.3) is 0 Å². The zero-order chi connectivity index (χ0) is 12.0. The summed E-state index contributed by atoms with van der Waals surface area (Å²) in [5, 5.41) is 2.79. The van der Waals surface area contributed by atoms with E-state index in [1.165, 1.54) is 0 Å². The van der Waals surface area contributed by atoms with E-state index in [4.69, 9.17) is 10.5 Å². The molecule has 0 aliphatic rings. The van der Waals surface area contributed by atoms with Gasteiger partial charge in [0.2, 0.25) is 5.91 Å². The van der Waals surface area contributed by atoms with Crippen molar-refractivity contribution in [1.82, 2.24) is 0 Å². The maximum atomic E-state index is 11.5. The zero-order valence-electron chi connectivity index (χ0n) is 10.2. The molecule has 0 radical (unpaired) electrons. The van der Waals surface area contributed by atoms with Crippen LogP contribution in [0.4, 0.5) is 11.4 Å². The van der Waals surface area contributed by atoms with Gasteiger partial charge in [-0.3, -0.25) is 4.79 Å². The Morgan fingerprint density at radius 1 is 1.47 bits per heavy atom. The second-order valence-corrected chi connectivity index (χ2v) is 3.61. The number of benzene rings is 1. The molecule has 0 spiro atoms. The average Bonchev–Trinajstić information content (AvgIpc) is 2.26. The average molecular weight is 259 g/mol. The van der Waals surface area contributed by atoms with Crippen molar-refractivity contribution in [3.63, 3.8) is 0 Å². The van der Waals surface area contributed by atoms with Crippen molar-refractivity contribution in [2.45, 2.75) is 26.2 Å². The van der Waals surface area contributed by atoms with Gasteiger partial charge in [-0.25, -0.2) is 0 Å². The number of rotatable bonds is 5. The molecule has 0 atom stereocenters. The first-order chi connectivity index (χ1) is 7.67. The van der Waals surface area contributed by atoms with Crippen molar-refractivity contribution in [3.8, 4) is 5.75 Å². The topological polar surface area (TPSA) is 64.3 Å². The highest BCUT2D eigenvalue weighted by Crippen LogP contribution is 2.24. The van der Waals surface area contributed by atoms with E-state index in [0.29, 0.717) is 23.5 Å². The minimum absolute atomic E-state index is 0. The monoisotopic (exact) mass is 258 g/mol. The highest BCUT2D eigenvalue weighted by atomic mass is 35.5. The first-order valence-corrected chi connectivity index (χ1v) is 5.40. The van der Waals surface area contributed by atoms with Gasteiger partial charge in [-0.05, 0) is 24.6 Å². The SMILES string of the molecule is CCCCC(=O)Nc1ccc(OC)c(N)c1.Cl. The Balaban J connectivity index is 0.00000256. The number of amides is 1. The number of unbranched alkanes of at least 4 members (excludes halogenated alkanes) is 1. The number of hydrogen-bond donors (Lipinski definition) is 2. The molecule has 0 aliphatic carbocycles. The fourth-order valence-corrected chi connectivity index (χ4v) is 1.37. The predicted octanol–water partition coefficient (Wildman–Crippen LogP) is 2.83. The van der Waals surface area contributed by atoms with Gasteiger partial charge < -0.3 is 15.8 Å². The smallest absolute Gasteiger partial charge is 0.224 e. The standard InChI is InChI=1S/C12H18N2O2.ClH/c1-3-4-5-12(15)14-9-6-7-11(16-2)10(13)8-9;/h6-8H,3-5,13H2,1-2H3,(H,14,15);1H. The second-order valence-electron chi connectivity index (χ2n) is 3.61. The summed E-state index contributed by atoms with van der Waals surface area (Å²) in [6, 6.07) is 5.21. The van der Waals surface area contributed by atoms with Crippen LogP contribution in [-0.2, 0) is 4.79 Å². The van der Waals surface area contributed by atoms with Gasteiger partial charge in [-0.2, -0.15) is 0 Å². The lowest BCUT2D eigenvalue weighted by Crippen LogP contribution is -2.11. The van der Waals surface area contributed by atoms with Crippen molar-refractivity contribution in [2.24, 2.45) is 0 Å². The van der Waals surface area contributed by atoms with Crippen LogP contribution in [0, 0.1) is 0 Å². The van der Waals surface area contributed by atoms with Crippen LogP contribution < -0.4 is 15.8 Å². The van der Waals surface area contributed by atoms with Gasteiger partial charge in [0.15, 0.2) is 0 Å². The summed E-state index contributed by atoms with van der Waals surface area (Å²) in [6.07, 6.45) is 2.46. The molecule has 1 aromatic carbocycles. The first kappa shape index (κ1) is 15.6. The quantitative estimate of drug-likeness (QED) is 0.799. The fourth-order valence-electron chi connectivity index (χ4n) is 1.37. The molecule has 1 amide bonds. The highest BCUT2D eigenvalue weighted by Gasteiger charge is 2.04. The predicted molar refractivity (Wildman–Crippen MR) is 72.8 cm³/mol. The minimum Gasteiger partial charge on any atom is -0.495 e. The number of carbonyl (C=O) groups excluding carboxylic acids is 1. The lowest BCUT2D eigenvalue weighted by atomic mass is 10.2. The van der Waals surface area contributed by atoms with E-state index in [-0.39, 0.29) is 18.3 Å². The van der Waals surface area contributed by atoms with Crippen molar-refractivity contribution in [1.29, 1.82) is 0 Å². The van der Waals surface area contributed by atoms with E-state index in [2.05, 4.69) is 12.2 Å². The first-order valence-electron chi connectivity index (χ1n) is 5.40. The van der Waals surface area contributed by atoms with E-state index in [9.17, 15) is 4.79 Å². The Morgan fingerprint density at radius 2 is 2.18 bits per heavy atom. The van der Waals surface area contributed by atoms with E-state index in [1.807, 2.05) is 0 Å². The van der Waals surface area contributed by atoms with Gasteiger partial charge in [-0.1, -0.05) is 13.3 Å². The molecule has 0 saturated heterocycles. The molecule has 0 saturated carbocycles. The molecule has 0 heterocycles. The van der Waals surface area contributed by atoms with E-state index in [1.54, 1.807) is 25.3 Å². The molecule has 4 nitrogen and oxygen atoms in total. The molecule has 0 aliphatic heterocycles. The molecular formula is C12H19ClN2O2. The van der Waals surface area contributed by atoms with Gasteiger partial charge in [0.05, 0.1) is 12.8 Å². The van der Waals surface area contributed by atoms with Gasteiger partial charge in [0.1, 0.15) is 5.75 Å². The summed E-state index contributed by atoms with van der Waals surface area (Å²) in [4.78, 5) is 11.5. The molecule has 1 rings (SSSR count). The third-order valence-electron chi connectivity index (χ3n) is 2.27. The van der Waals surface area contributed by atoms with Crippen LogP contribution in [0.5, 0.6) is 5.75 Å². The molecule has 17 heavy (non-hydrogen) atoms. The summed E-state index contributed by atoms with van der Waals surface area (Å²) in [7, 11) is 1.56. The van der Waals surface area contributed by atoms with E-state index < -0.39 is 0 Å². The van der Waals surface area contributed by atoms with Crippen LogP contribution in [0.2, 0.25) is 0 Å². The van der Waals surface area contributed by atoms with E-state index in [0.717, 1.165) is 12.8 Å². The molecule has 1 aromatic rings. The third kappa shape index (κ3) is 4.95. The van der Waals surface area contributed by atoms with Crippen molar-refractivity contribution >= 4 is 29.7 Å². The summed E-state index contributed by atoms with van der Waals surface area (Å²) >= 11 is 0. The second kappa shape index (κ2) is 7.79. The summed E-state index contributed by atoms with van der Waals surface area (Å²) in [5.41, 5.74) is 6.96. The van der Waals surface area contributed by atoms with E-state index >= 15 is 0 Å². The van der Waals surface area contributed by atoms with Gasteiger partial charge in [0, 0.05) is 12.1 Å². The van der Waals surface area contributed by atoms with Crippen LogP contribution in [0.15, 0.2) is 18.2 Å². The molecule has 5 heteroatoms. The van der Waals surface area contributed by atoms with Crippen LogP contribution in [-0.4, -0.2) is 13.0 Å². The summed E-state index contributed by atoms with van der Waals surface area (Å²) < 4.78 is 5.03. The Hall–Kier alpha value is -1.42. The number of hydrogen-bond acceptors (Lipinski definition) is 3. The summed E-state index contributed by atoms with van der Waals surface area (Å²) in [5.74, 6) is 0.637. The largest absolute Gasteiger partial charge is 0.495 e. The Bertz CT molecular complexity index is 370. The number of nitrogens with two attached hydrogens (primary N) is 1. The van der Waals surface area contributed by atoms with Crippen molar-refractivity contribution in [2.75, 3.05) is 18.2 Å². The lowest BCUT2D eigenvalue weighted by molar-refractivity contribution is -0.116. The Labute approximate surface area is 108 Å². The van der Waals surface area contributed by atoms with Crippen LogP contribution >= 0.6 is 12.4 Å². The molecule has 96 valence electrons. The molecule has 0 unspecified atom stereocenters. The van der Waals surface area contributed by atoms with Gasteiger partial charge >= 0.3 is 0 Å². The number of ether oxygens (including phenoxy) is 1. The molecule has 0 bridgehead atoms. The normalized spacial score (nSPS) is 9.29. The molecule has 0 aromatic heterocycles. The van der Waals surface area contributed by atoms with Gasteiger partial charge in [0.25, 0.3) is 0 Å². The maximum Gasteiger partial charge on any atom is 0.224 e. The number of anilines is 2. The zero-order valence-corrected chi connectivity index (χ0v) is 11.0. The highest BCUT2D eigenvalue weighted by molar-refractivity contribution is 5.91. The minimum atomic E-state index is 0. The van der Waals surface area contributed by atoms with Crippen LogP contribution in [0.3, 0.4) is 0 Å². The Kier molecular flexibility index (Phi) is 7.14. The van der Waals surface area contributed by atoms with Gasteiger partial charge in [-0.15, -0.1) is 12.4 Å². The number of nitrogens with one attached hydrogen (secondary N) is 1. The lowest BCUT2D eigenvalue weighted by Gasteiger charge is -2.08. The van der Waals surface area contributed by atoms with Crippen molar-refractivity contribution < 1.29 is 9.53 Å². The number of methoxy groups -OCH3 is 1. The Morgan fingerprint density at radius 3 is 2.71 bits per heavy atom. The third-order valence-corrected chi connectivity index (χ3v) is 2.27.